The Kier molecular flexibility index (Phi) is 11.1. The summed E-state index contributed by atoms with van der Waals surface area (Å²) in [7, 11) is 0. The monoisotopic (exact) mass is 1200 g/mol. The van der Waals surface area contributed by atoms with E-state index in [-0.39, 0.29) is 11.6 Å². The van der Waals surface area contributed by atoms with E-state index in [9.17, 15) is 0 Å². The zero-order valence-electron chi connectivity index (χ0n) is 50.8. The van der Waals surface area contributed by atoms with Gasteiger partial charge in [0.2, 0.25) is 0 Å². The quantitative estimate of drug-likeness (QED) is 0.140. The van der Waals surface area contributed by atoms with E-state index in [4.69, 9.17) is 0 Å². The first kappa shape index (κ1) is 52.8. The Labute approximate surface area is 543 Å². The molecule has 0 bridgehead atoms. The van der Waals surface area contributed by atoms with Gasteiger partial charge in [-0.2, -0.15) is 0 Å². The van der Waals surface area contributed by atoms with E-state index in [0.29, 0.717) is 11.4 Å². The Morgan fingerprint density at radius 1 is 0.213 bits per heavy atom. The van der Waals surface area contributed by atoms with Crippen molar-refractivity contribution in [2.24, 2.45) is 0 Å². The summed E-state index contributed by atoms with van der Waals surface area (Å²) in [6, 6.07) is 116. The minimum Gasteiger partial charge on any atom is -0.306 e. The third-order valence-electron chi connectivity index (χ3n) is 21.2. The van der Waals surface area contributed by atoms with Crippen molar-refractivity contribution in [3.8, 4) is 66.8 Å². The molecule has 4 heteroatoms. The second kappa shape index (κ2) is 19.8. The maximum absolute atomic E-state index is 18.3. The van der Waals surface area contributed by atoms with E-state index in [1.54, 1.807) is 12.1 Å². The van der Waals surface area contributed by atoms with Crippen molar-refractivity contribution in [1.82, 2.24) is 0 Å². The standard InChI is InChI=1S/C90H54F2N2/c91-77-43-19-33-59(55-23-3-1-4-24-55)87(77)93(81-45-21-41-75-85(81)65-31-11-17-39-73(65)89(75)69-35-13-7-27-61(69)62-28-8-14-36-70(62)89)79-53-49-57-48-52-68-80(54-50-58-47-51-67(79)83(57)84(58)68)94(88-60(34-20-44-78(88)92)56-25-5-2-6-26-56)82-46-22-42-76-86(82)66-32-12-18-40-74(66)90(76)71-37-15-9-29-63(71)64-30-10-16-38-72(64)90/h1-54H. The molecule has 4 aliphatic rings. The summed E-state index contributed by atoms with van der Waals surface area (Å²) in [6.07, 6.45) is 0. The smallest absolute Gasteiger partial charge is 0.147 e. The van der Waals surface area contributed by atoms with Crippen LogP contribution in [0.1, 0.15) is 44.5 Å². The second-order valence-electron chi connectivity index (χ2n) is 25.4. The van der Waals surface area contributed by atoms with Gasteiger partial charge in [0.15, 0.2) is 0 Å². The fourth-order valence-corrected chi connectivity index (χ4v) is 17.7. The lowest BCUT2D eigenvalue weighted by molar-refractivity contribution is 0.629. The summed E-state index contributed by atoms with van der Waals surface area (Å²) in [5.74, 6) is -0.690. The first-order chi connectivity index (χ1) is 46.5. The summed E-state index contributed by atoms with van der Waals surface area (Å²) in [6.45, 7) is 0. The highest BCUT2D eigenvalue weighted by Gasteiger charge is 2.54. The minimum absolute atomic E-state index is 0.345. The van der Waals surface area contributed by atoms with Gasteiger partial charge in [-0.25, -0.2) is 8.78 Å². The lowest BCUT2D eigenvalue weighted by Gasteiger charge is -2.34. The van der Waals surface area contributed by atoms with Gasteiger partial charge in [-0.3, -0.25) is 0 Å². The fourth-order valence-electron chi connectivity index (χ4n) is 17.7. The second-order valence-corrected chi connectivity index (χ2v) is 25.4. The van der Waals surface area contributed by atoms with Crippen molar-refractivity contribution in [2.45, 2.75) is 10.8 Å². The van der Waals surface area contributed by atoms with Crippen LogP contribution in [0.4, 0.5) is 42.9 Å². The molecule has 0 radical (unpaired) electrons. The maximum Gasteiger partial charge on any atom is 0.147 e. The zero-order chi connectivity index (χ0) is 62.0. The normalized spacial score (nSPS) is 13.6. The van der Waals surface area contributed by atoms with Gasteiger partial charge in [0.1, 0.15) is 11.6 Å². The van der Waals surface area contributed by atoms with Gasteiger partial charge >= 0.3 is 0 Å². The molecule has 94 heavy (non-hydrogen) atoms. The van der Waals surface area contributed by atoms with Gasteiger partial charge in [-0.05, 0) is 147 Å². The van der Waals surface area contributed by atoms with E-state index in [1.165, 1.54) is 55.6 Å². The highest BCUT2D eigenvalue weighted by Crippen LogP contribution is 2.68. The number of fused-ring (bicyclic) bond motifs is 20. The largest absolute Gasteiger partial charge is 0.306 e. The first-order valence-corrected chi connectivity index (χ1v) is 32.4. The lowest BCUT2D eigenvalue weighted by Crippen LogP contribution is -2.26. The van der Waals surface area contributed by atoms with E-state index in [0.717, 1.165) is 111 Å². The topological polar surface area (TPSA) is 6.48 Å². The molecule has 0 aliphatic heterocycles. The van der Waals surface area contributed by atoms with Crippen molar-refractivity contribution in [1.29, 1.82) is 0 Å². The van der Waals surface area contributed by atoms with Crippen LogP contribution in [0, 0.1) is 11.6 Å². The SMILES string of the molecule is Fc1cccc(-c2ccccc2)c1N(c1cccc2c1-c1ccccc1C21c2ccccc2-c2ccccc21)c1ccc2ccc3c(N(c4cccc5c4-c4ccccc4C54c5ccccc5-c5ccccc54)c4c(F)cccc4-c4ccccc4)ccc4ccc1c2c43. The molecule has 16 aromatic carbocycles. The van der Waals surface area contributed by atoms with Gasteiger partial charge in [0.25, 0.3) is 0 Å². The number of rotatable bonds is 8. The van der Waals surface area contributed by atoms with Crippen LogP contribution in [0.5, 0.6) is 0 Å². The van der Waals surface area contributed by atoms with Crippen LogP contribution in [0.25, 0.3) is 99.1 Å². The summed E-state index contributed by atoms with van der Waals surface area (Å²) in [5.41, 5.74) is 25.2. The summed E-state index contributed by atoms with van der Waals surface area (Å²) >= 11 is 0. The van der Waals surface area contributed by atoms with Crippen LogP contribution in [0.15, 0.2) is 328 Å². The fraction of sp³-hybridized carbons (Fsp3) is 0.0222. The zero-order valence-corrected chi connectivity index (χ0v) is 50.8. The van der Waals surface area contributed by atoms with Crippen molar-refractivity contribution in [2.75, 3.05) is 9.80 Å². The molecule has 2 spiro atoms. The van der Waals surface area contributed by atoms with Crippen molar-refractivity contribution >= 4 is 66.4 Å². The summed E-state index contributed by atoms with van der Waals surface area (Å²) in [4.78, 5) is 4.45. The number of nitrogens with zero attached hydrogens (tertiary/aromatic N) is 2. The minimum atomic E-state index is -0.643. The van der Waals surface area contributed by atoms with Crippen LogP contribution in [-0.2, 0) is 10.8 Å². The van der Waals surface area contributed by atoms with E-state index >= 15 is 8.78 Å². The first-order valence-electron chi connectivity index (χ1n) is 32.4. The van der Waals surface area contributed by atoms with E-state index in [1.807, 2.05) is 48.5 Å². The van der Waals surface area contributed by atoms with Crippen molar-refractivity contribution < 1.29 is 8.78 Å². The van der Waals surface area contributed by atoms with Gasteiger partial charge in [-0.15, -0.1) is 0 Å². The average Bonchev–Trinajstić information content (AvgIpc) is 1.50. The average molecular weight is 1200 g/mol. The molecule has 0 atom stereocenters. The van der Waals surface area contributed by atoms with Crippen LogP contribution in [0.3, 0.4) is 0 Å². The highest BCUT2D eigenvalue weighted by molar-refractivity contribution is 6.29. The Morgan fingerprint density at radius 3 is 0.872 bits per heavy atom. The molecule has 2 nitrogen and oxygen atoms in total. The molecular formula is C90H54F2N2. The van der Waals surface area contributed by atoms with Crippen molar-refractivity contribution in [3.05, 3.63) is 384 Å². The molecule has 16 aromatic rings. The molecule has 4 aliphatic carbocycles. The summed E-state index contributed by atoms with van der Waals surface area (Å²) < 4.78 is 36.6. The Balaban J connectivity index is 0.876. The molecule has 0 N–H and O–H groups in total. The third kappa shape index (κ3) is 6.85. The Bertz CT molecular complexity index is 5420. The number of hydrogen-bond donors (Lipinski definition) is 0. The van der Waals surface area contributed by atoms with Gasteiger partial charge in [0.05, 0.1) is 45.0 Å². The van der Waals surface area contributed by atoms with E-state index < -0.39 is 10.8 Å². The number of para-hydroxylation sites is 2. The summed E-state index contributed by atoms with van der Waals surface area (Å²) in [5, 5.41) is 6.01. The Morgan fingerprint density at radius 2 is 0.500 bits per heavy atom. The predicted octanol–water partition coefficient (Wildman–Crippen LogP) is 23.8. The van der Waals surface area contributed by atoms with Gasteiger partial charge < -0.3 is 9.80 Å². The predicted molar refractivity (Wildman–Crippen MR) is 383 cm³/mol. The molecule has 0 saturated heterocycles. The molecule has 0 heterocycles. The van der Waals surface area contributed by atoms with Crippen LogP contribution >= 0.6 is 0 Å². The lowest BCUT2D eigenvalue weighted by atomic mass is 9.70. The van der Waals surface area contributed by atoms with Gasteiger partial charge in [-0.1, -0.05) is 291 Å². The van der Waals surface area contributed by atoms with Gasteiger partial charge in [0, 0.05) is 33.0 Å². The molecular weight excluding hydrogens is 1150 g/mol. The molecule has 0 unspecified atom stereocenters. The molecule has 438 valence electrons. The van der Waals surface area contributed by atoms with Crippen LogP contribution in [-0.4, -0.2) is 0 Å². The van der Waals surface area contributed by atoms with Crippen molar-refractivity contribution in [3.63, 3.8) is 0 Å². The molecule has 0 amide bonds. The maximum atomic E-state index is 18.3. The number of benzene rings is 16. The molecule has 20 rings (SSSR count). The van der Waals surface area contributed by atoms with Crippen LogP contribution < -0.4 is 9.80 Å². The number of hydrogen-bond acceptors (Lipinski definition) is 2. The van der Waals surface area contributed by atoms with Crippen LogP contribution in [0.2, 0.25) is 0 Å². The molecule has 0 saturated carbocycles. The Hall–Kier alpha value is -12.0. The third-order valence-corrected chi connectivity index (χ3v) is 21.2. The highest BCUT2D eigenvalue weighted by atomic mass is 19.1. The van der Waals surface area contributed by atoms with E-state index in [2.05, 4.69) is 277 Å². The number of halogens is 2. The molecule has 0 fully saturated rings. The number of anilines is 6. The molecule has 0 aromatic heterocycles.